The van der Waals surface area contributed by atoms with Crippen molar-refractivity contribution in [3.8, 4) is 0 Å². The van der Waals surface area contributed by atoms with Gasteiger partial charge in [-0.05, 0) is 19.3 Å². The Labute approximate surface area is 95.9 Å². The molecule has 0 aliphatic heterocycles. The van der Waals surface area contributed by atoms with Crippen molar-refractivity contribution in [2.45, 2.75) is 70.8 Å². The minimum absolute atomic E-state index is 0.453. The van der Waals surface area contributed by atoms with Crippen LogP contribution in [-0.4, -0.2) is 13.2 Å². The van der Waals surface area contributed by atoms with E-state index in [0.717, 1.165) is 12.8 Å². The van der Waals surface area contributed by atoms with Crippen LogP contribution in [0.1, 0.15) is 64.7 Å². The molecule has 1 unspecified atom stereocenters. The summed E-state index contributed by atoms with van der Waals surface area (Å²) in [5, 5.41) is 0. The number of hydrogen-bond acceptors (Lipinski definition) is 1. The van der Waals surface area contributed by atoms with Gasteiger partial charge in [0.2, 0.25) is 0 Å². The van der Waals surface area contributed by atoms with Gasteiger partial charge in [0.25, 0.3) is 0 Å². The van der Waals surface area contributed by atoms with Gasteiger partial charge in [-0.25, -0.2) is 0 Å². The van der Waals surface area contributed by atoms with Crippen molar-refractivity contribution in [3.63, 3.8) is 0 Å². The third-order valence-corrected chi connectivity index (χ3v) is 2.91. The summed E-state index contributed by atoms with van der Waals surface area (Å²) >= 11 is 0. The Morgan fingerprint density at radius 1 is 1.07 bits per heavy atom. The van der Waals surface area contributed by atoms with E-state index in [4.69, 9.17) is 4.74 Å². The fraction of sp³-hybridized carbons (Fsp3) is 0.857. The zero-order valence-electron chi connectivity index (χ0n) is 10.6. The molecule has 0 bridgehead atoms. The molecule has 0 amide bonds. The first-order chi connectivity index (χ1) is 7.35. The van der Waals surface area contributed by atoms with E-state index in [2.05, 4.69) is 13.5 Å². The Balaban J connectivity index is 3.26. The second kappa shape index (κ2) is 11.8. The van der Waals surface area contributed by atoms with Gasteiger partial charge in [0.15, 0.2) is 0 Å². The predicted molar refractivity (Wildman–Crippen MR) is 68.2 cm³/mol. The largest absolute Gasteiger partial charge is 0.381 e. The van der Waals surface area contributed by atoms with Crippen LogP contribution in [0.5, 0.6) is 0 Å². The van der Waals surface area contributed by atoms with Gasteiger partial charge < -0.3 is 4.74 Å². The van der Waals surface area contributed by atoms with E-state index in [-0.39, 0.29) is 0 Å². The third-order valence-electron chi connectivity index (χ3n) is 2.91. The van der Waals surface area contributed by atoms with Crippen molar-refractivity contribution in [1.29, 1.82) is 0 Å². The minimum Gasteiger partial charge on any atom is -0.381 e. The second-order valence-corrected chi connectivity index (χ2v) is 4.28. The number of hydrogen-bond donors (Lipinski definition) is 0. The van der Waals surface area contributed by atoms with Crippen LogP contribution in [0.4, 0.5) is 0 Å². The van der Waals surface area contributed by atoms with Gasteiger partial charge in [-0.3, -0.25) is 0 Å². The Hall–Kier alpha value is -0.300. The first-order valence-corrected chi connectivity index (χ1v) is 6.48. The highest BCUT2D eigenvalue weighted by molar-refractivity contribution is 4.70. The third kappa shape index (κ3) is 9.99. The van der Waals surface area contributed by atoms with Gasteiger partial charge >= 0.3 is 0 Å². The topological polar surface area (TPSA) is 9.23 Å². The monoisotopic (exact) mass is 212 g/mol. The van der Waals surface area contributed by atoms with Crippen molar-refractivity contribution in [1.82, 2.24) is 0 Å². The van der Waals surface area contributed by atoms with Crippen LogP contribution >= 0.6 is 0 Å². The molecule has 0 aliphatic rings. The highest BCUT2D eigenvalue weighted by Gasteiger charge is 2.05. The number of unbranched alkanes of at least 4 members (excludes halogenated alkanes) is 5. The van der Waals surface area contributed by atoms with Gasteiger partial charge in [-0.15, -0.1) is 6.58 Å². The number of allylic oxidation sites excluding steroid dienone is 1. The molecule has 0 aromatic carbocycles. The van der Waals surface area contributed by atoms with E-state index in [9.17, 15) is 0 Å². The quantitative estimate of drug-likeness (QED) is 0.356. The number of methoxy groups -OCH3 is 1. The lowest BCUT2D eigenvalue weighted by atomic mass is 10.0. The van der Waals surface area contributed by atoms with Crippen LogP contribution in [-0.2, 0) is 4.74 Å². The smallest absolute Gasteiger partial charge is 0.0574 e. The van der Waals surface area contributed by atoms with Crippen LogP contribution in [0.15, 0.2) is 12.7 Å². The fourth-order valence-corrected chi connectivity index (χ4v) is 1.84. The predicted octanol–water partition coefficient (Wildman–Crippen LogP) is 4.72. The van der Waals surface area contributed by atoms with Crippen molar-refractivity contribution < 1.29 is 4.74 Å². The molecule has 0 spiro atoms. The molecular weight excluding hydrogens is 184 g/mol. The lowest BCUT2D eigenvalue weighted by molar-refractivity contribution is 0.0864. The lowest BCUT2D eigenvalue weighted by Gasteiger charge is -2.13. The molecule has 1 heteroatoms. The summed E-state index contributed by atoms with van der Waals surface area (Å²) in [5.41, 5.74) is 0. The summed E-state index contributed by atoms with van der Waals surface area (Å²) in [6, 6.07) is 0. The average Bonchev–Trinajstić information content (AvgIpc) is 2.27. The number of ether oxygens (including phenoxy) is 1. The van der Waals surface area contributed by atoms with E-state index in [1.54, 1.807) is 0 Å². The summed E-state index contributed by atoms with van der Waals surface area (Å²) in [4.78, 5) is 0. The normalized spacial score (nSPS) is 12.7. The van der Waals surface area contributed by atoms with Crippen LogP contribution in [0.25, 0.3) is 0 Å². The fourth-order valence-electron chi connectivity index (χ4n) is 1.84. The molecule has 90 valence electrons. The molecule has 0 fully saturated rings. The van der Waals surface area contributed by atoms with Crippen molar-refractivity contribution in [2.24, 2.45) is 0 Å². The van der Waals surface area contributed by atoms with E-state index in [0.29, 0.717) is 6.10 Å². The molecular formula is C14H28O. The molecule has 15 heavy (non-hydrogen) atoms. The van der Waals surface area contributed by atoms with Crippen molar-refractivity contribution >= 4 is 0 Å². The Bertz CT molecular complexity index is 131. The van der Waals surface area contributed by atoms with Crippen LogP contribution in [0.2, 0.25) is 0 Å². The SMILES string of the molecule is C=CCCC(CCCCCCCC)OC. The van der Waals surface area contributed by atoms with E-state index >= 15 is 0 Å². The highest BCUT2D eigenvalue weighted by atomic mass is 16.5. The first kappa shape index (κ1) is 14.7. The van der Waals surface area contributed by atoms with E-state index in [1.165, 1.54) is 44.9 Å². The van der Waals surface area contributed by atoms with Gasteiger partial charge in [-0.1, -0.05) is 51.5 Å². The van der Waals surface area contributed by atoms with Crippen molar-refractivity contribution in [3.05, 3.63) is 12.7 Å². The molecule has 0 aromatic heterocycles. The average molecular weight is 212 g/mol. The summed E-state index contributed by atoms with van der Waals surface area (Å²) in [5.74, 6) is 0. The molecule has 0 radical (unpaired) electrons. The number of rotatable bonds is 11. The van der Waals surface area contributed by atoms with Crippen LogP contribution in [0.3, 0.4) is 0 Å². The molecule has 1 nitrogen and oxygen atoms in total. The molecule has 1 atom stereocenters. The molecule has 0 rings (SSSR count). The van der Waals surface area contributed by atoms with Gasteiger partial charge in [0.1, 0.15) is 0 Å². The van der Waals surface area contributed by atoms with Crippen LogP contribution < -0.4 is 0 Å². The second-order valence-electron chi connectivity index (χ2n) is 4.28. The van der Waals surface area contributed by atoms with Gasteiger partial charge in [0.05, 0.1) is 6.10 Å². The van der Waals surface area contributed by atoms with Gasteiger partial charge in [0, 0.05) is 7.11 Å². The summed E-state index contributed by atoms with van der Waals surface area (Å²) in [7, 11) is 1.82. The van der Waals surface area contributed by atoms with E-state index in [1.807, 2.05) is 13.2 Å². The Morgan fingerprint density at radius 3 is 2.33 bits per heavy atom. The maximum absolute atomic E-state index is 5.43. The van der Waals surface area contributed by atoms with E-state index < -0.39 is 0 Å². The maximum atomic E-state index is 5.43. The summed E-state index contributed by atoms with van der Waals surface area (Å²) < 4.78 is 5.43. The van der Waals surface area contributed by atoms with Crippen molar-refractivity contribution in [2.75, 3.05) is 7.11 Å². The maximum Gasteiger partial charge on any atom is 0.0574 e. The minimum atomic E-state index is 0.453. The van der Waals surface area contributed by atoms with Crippen LogP contribution in [0, 0.1) is 0 Å². The molecule has 0 saturated heterocycles. The zero-order valence-corrected chi connectivity index (χ0v) is 10.6. The summed E-state index contributed by atoms with van der Waals surface area (Å²) in [6.45, 7) is 6.00. The summed E-state index contributed by atoms with van der Waals surface area (Å²) in [6.07, 6.45) is 14.1. The standard InChI is InChI=1S/C14H28O/c1-4-6-8-9-10-11-13-14(15-3)12-7-5-2/h5,14H,2,4,6-13H2,1,3H3. The Morgan fingerprint density at radius 2 is 1.73 bits per heavy atom. The first-order valence-electron chi connectivity index (χ1n) is 6.48. The van der Waals surface area contributed by atoms with Gasteiger partial charge in [-0.2, -0.15) is 0 Å². The molecule has 0 heterocycles. The lowest BCUT2D eigenvalue weighted by Crippen LogP contribution is -2.09. The zero-order chi connectivity index (χ0) is 11.4. The highest BCUT2D eigenvalue weighted by Crippen LogP contribution is 2.13. The Kier molecular flexibility index (Phi) is 11.5. The molecule has 0 aromatic rings. The molecule has 0 N–H and O–H groups in total. The molecule has 0 saturated carbocycles. The molecule has 0 aliphatic carbocycles.